The van der Waals surface area contributed by atoms with E-state index < -0.39 is 6.04 Å². The van der Waals surface area contributed by atoms with Gasteiger partial charge in [0.15, 0.2) is 0 Å². The standard InChI is InChI=1S/C16H19N3O2S/c1-10(2)14(17)16(21)19-12-6-3-5-11(9-12)18-15(20)13-7-4-8-22-13/h3-10,14H,17H2,1-2H3,(H,18,20)(H,19,21)/t14-/m1/s1. The molecule has 2 rings (SSSR count). The minimum Gasteiger partial charge on any atom is -0.325 e. The lowest BCUT2D eigenvalue weighted by molar-refractivity contribution is -0.118. The van der Waals surface area contributed by atoms with Crippen LogP contribution in [0.25, 0.3) is 0 Å². The van der Waals surface area contributed by atoms with Crippen LogP contribution in [0.5, 0.6) is 0 Å². The van der Waals surface area contributed by atoms with E-state index in [0.29, 0.717) is 16.3 Å². The molecule has 0 aliphatic heterocycles. The van der Waals surface area contributed by atoms with Crippen molar-refractivity contribution in [3.05, 3.63) is 46.7 Å². The van der Waals surface area contributed by atoms with Crippen LogP contribution < -0.4 is 16.4 Å². The van der Waals surface area contributed by atoms with E-state index in [-0.39, 0.29) is 17.7 Å². The van der Waals surface area contributed by atoms with Gasteiger partial charge >= 0.3 is 0 Å². The lowest BCUT2D eigenvalue weighted by Crippen LogP contribution is -2.39. The number of hydrogen-bond acceptors (Lipinski definition) is 4. The number of hydrogen-bond donors (Lipinski definition) is 3. The number of carbonyl (C=O) groups excluding carboxylic acids is 2. The predicted molar refractivity (Wildman–Crippen MR) is 90.2 cm³/mol. The summed E-state index contributed by atoms with van der Waals surface area (Å²) in [6.45, 7) is 3.78. The Morgan fingerprint density at radius 1 is 1.09 bits per heavy atom. The van der Waals surface area contributed by atoms with E-state index in [2.05, 4.69) is 10.6 Å². The Morgan fingerprint density at radius 3 is 2.36 bits per heavy atom. The van der Waals surface area contributed by atoms with Crippen molar-refractivity contribution in [1.29, 1.82) is 0 Å². The molecule has 1 aromatic carbocycles. The molecule has 1 aromatic heterocycles. The van der Waals surface area contributed by atoms with Crippen molar-refractivity contribution < 1.29 is 9.59 Å². The van der Waals surface area contributed by atoms with E-state index in [9.17, 15) is 9.59 Å². The summed E-state index contributed by atoms with van der Waals surface area (Å²) in [4.78, 5) is 24.6. The van der Waals surface area contributed by atoms with Crippen molar-refractivity contribution in [2.24, 2.45) is 11.7 Å². The number of anilines is 2. The highest BCUT2D eigenvalue weighted by Crippen LogP contribution is 2.18. The van der Waals surface area contributed by atoms with E-state index in [1.54, 1.807) is 30.3 Å². The van der Waals surface area contributed by atoms with Gasteiger partial charge in [0.05, 0.1) is 10.9 Å². The molecule has 2 aromatic rings. The van der Waals surface area contributed by atoms with Crippen molar-refractivity contribution in [2.75, 3.05) is 10.6 Å². The van der Waals surface area contributed by atoms with Crippen LogP contribution in [0.3, 0.4) is 0 Å². The van der Waals surface area contributed by atoms with E-state index in [1.807, 2.05) is 25.3 Å². The summed E-state index contributed by atoms with van der Waals surface area (Å²) in [5, 5.41) is 7.40. The first-order valence-electron chi connectivity index (χ1n) is 6.98. The number of carbonyl (C=O) groups is 2. The largest absolute Gasteiger partial charge is 0.325 e. The topological polar surface area (TPSA) is 84.2 Å². The first kappa shape index (κ1) is 16.2. The average molecular weight is 317 g/mol. The molecule has 0 aliphatic carbocycles. The summed E-state index contributed by atoms with van der Waals surface area (Å²) in [6.07, 6.45) is 0. The summed E-state index contributed by atoms with van der Waals surface area (Å²) in [5.41, 5.74) is 7.03. The zero-order valence-corrected chi connectivity index (χ0v) is 13.3. The van der Waals surface area contributed by atoms with Crippen LogP contribution in [0.15, 0.2) is 41.8 Å². The Balaban J connectivity index is 2.04. The quantitative estimate of drug-likeness (QED) is 0.792. The summed E-state index contributed by atoms with van der Waals surface area (Å²) < 4.78 is 0. The highest BCUT2D eigenvalue weighted by Gasteiger charge is 2.17. The number of rotatable bonds is 5. The SMILES string of the molecule is CC(C)[C@@H](N)C(=O)Nc1cccc(NC(=O)c2cccs2)c1. The molecule has 116 valence electrons. The second-order valence-corrected chi connectivity index (χ2v) is 6.22. The highest BCUT2D eigenvalue weighted by atomic mass is 32.1. The minimum absolute atomic E-state index is 0.0571. The summed E-state index contributed by atoms with van der Waals surface area (Å²) >= 11 is 1.37. The Bertz CT molecular complexity index is 653. The molecule has 0 fully saturated rings. The molecule has 5 nitrogen and oxygen atoms in total. The summed E-state index contributed by atoms with van der Waals surface area (Å²) in [5.74, 6) is -0.351. The maximum atomic E-state index is 12.0. The van der Waals surface area contributed by atoms with Gasteiger partial charge in [-0.2, -0.15) is 0 Å². The number of amides is 2. The van der Waals surface area contributed by atoms with Crippen LogP contribution in [0.1, 0.15) is 23.5 Å². The molecule has 22 heavy (non-hydrogen) atoms. The molecule has 0 saturated heterocycles. The molecule has 0 bridgehead atoms. The zero-order chi connectivity index (χ0) is 16.1. The van der Waals surface area contributed by atoms with Gasteiger partial charge in [-0.25, -0.2) is 0 Å². The summed E-state index contributed by atoms with van der Waals surface area (Å²) in [7, 11) is 0. The monoisotopic (exact) mass is 317 g/mol. The van der Waals surface area contributed by atoms with Crippen molar-refractivity contribution in [1.82, 2.24) is 0 Å². The maximum absolute atomic E-state index is 12.0. The fraction of sp³-hybridized carbons (Fsp3) is 0.250. The third-order valence-electron chi connectivity index (χ3n) is 3.15. The fourth-order valence-electron chi connectivity index (χ4n) is 1.80. The van der Waals surface area contributed by atoms with E-state index in [4.69, 9.17) is 5.73 Å². The van der Waals surface area contributed by atoms with Gasteiger partial charge in [-0.05, 0) is 35.6 Å². The van der Waals surface area contributed by atoms with Crippen LogP contribution in [-0.4, -0.2) is 17.9 Å². The third-order valence-corrected chi connectivity index (χ3v) is 4.02. The Labute approximate surface area is 133 Å². The molecule has 1 atom stereocenters. The first-order chi connectivity index (χ1) is 10.5. The first-order valence-corrected chi connectivity index (χ1v) is 7.86. The highest BCUT2D eigenvalue weighted by molar-refractivity contribution is 7.12. The van der Waals surface area contributed by atoms with Crippen molar-refractivity contribution in [3.63, 3.8) is 0 Å². The zero-order valence-electron chi connectivity index (χ0n) is 12.5. The molecule has 0 unspecified atom stereocenters. The van der Waals surface area contributed by atoms with Crippen LogP contribution in [0.2, 0.25) is 0 Å². The van der Waals surface area contributed by atoms with Gasteiger partial charge in [0, 0.05) is 11.4 Å². The Kier molecular flexibility index (Phi) is 5.30. The summed E-state index contributed by atoms with van der Waals surface area (Å²) in [6, 6.07) is 10.0. The van der Waals surface area contributed by atoms with Crippen LogP contribution >= 0.6 is 11.3 Å². The van der Waals surface area contributed by atoms with Crippen LogP contribution in [0.4, 0.5) is 11.4 Å². The smallest absolute Gasteiger partial charge is 0.265 e. The molecular weight excluding hydrogens is 298 g/mol. The number of thiophene rings is 1. The molecule has 0 spiro atoms. The number of benzene rings is 1. The third kappa shape index (κ3) is 4.16. The fourth-order valence-corrected chi connectivity index (χ4v) is 2.42. The molecule has 6 heteroatoms. The van der Waals surface area contributed by atoms with Gasteiger partial charge in [0.25, 0.3) is 5.91 Å². The van der Waals surface area contributed by atoms with Crippen molar-refractivity contribution in [3.8, 4) is 0 Å². The molecule has 4 N–H and O–H groups in total. The van der Waals surface area contributed by atoms with Crippen molar-refractivity contribution >= 4 is 34.5 Å². The molecule has 1 heterocycles. The average Bonchev–Trinajstić information content (AvgIpc) is 3.01. The predicted octanol–water partition coefficient (Wildman–Crippen LogP) is 2.92. The van der Waals surface area contributed by atoms with Crippen LogP contribution in [0, 0.1) is 5.92 Å². The Hall–Kier alpha value is -2.18. The van der Waals surface area contributed by atoms with E-state index >= 15 is 0 Å². The second-order valence-electron chi connectivity index (χ2n) is 5.27. The maximum Gasteiger partial charge on any atom is 0.265 e. The van der Waals surface area contributed by atoms with Gasteiger partial charge in [-0.1, -0.05) is 26.0 Å². The number of nitrogens with one attached hydrogen (secondary N) is 2. The molecule has 0 saturated carbocycles. The lowest BCUT2D eigenvalue weighted by atomic mass is 10.0. The molecular formula is C16H19N3O2S. The van der Waals surface area contributed by atoms with Gasteiger partial charge in [0.2, 0.25) is 5.91 Å². The molecule has 0 aliphatic rings. The Morgan fingerprint density at radius 2 is 1.77 bits per heavy atom. The second kappa shape index (κ2) is 7.20. The van der Waals surface area contributed by atoms with Crippen LogP contribution in [-0.2, 0) is 4.79 Å². The van der Waals surface area contributed by atoms with Gasteiger partial charge in [0.1, 0.15) is 0 Å². The minimum atomic E-state index is -0.565. The van der Waals surface area contributed by atoms with Gasteiger partial charge < -0.3 is 16.4 Å². The van der Waals surface area contributed by atoms with Gasteiger partial charge in [-0.15, -0.1) is 11.3 Å². The number of nitrogens with two attached hydrogens (primary N) is 1. The van der Waals surface area contributed by atoms with E-state index in [1.165, 1.54) is 11.3 Å². The normalized spacial score (nSPS) is 12.0. The lowest BCUT2D eigenvalue weighted by Gasteiger charge is -2.15. The van der Waals surface area contributed by atoms with Crippen molar-refractivity contribution in [2.45, 2.75) is 19.9 Å². The molecule has 2 amide bonds. The molecule has 0 radical (unpaired) electrons. The van der Waals surface area contributed by atoms with Gasteiger partial charge in [-0.3, -0.25) is 9.59 Å². The van der Waals surface area contributed by atoms with E-state index in [0.717, 1.165) is 0 Å².